The van der Waals surface area contributed by atoms with E-state index >= 15 is 0 Å². The molecule has 1 atom stereocenters. The van der Waals surface area contributed by atoms with Gasteiger partial charge in [-0.1, -0.05) is 170 Å². The van der Waals surface area contributed by atoms with E-state index in [0.29, 0.717) is 0 Å². The predicted octanol–water partition coefficient (Wildman–Crippen LogP) is 15.4. The Morgan fingerprint density at radius 3 is 1.63 bits per heavy atom. The number of ether oxygens (including phenoxy) is 1. The first-order valence-corrected chi connectivity index (χ1v) is 20.5. The van der Waals surface area contributed by atoms with Gasteiger partial charge in [-0.15, -0.1) is 0 Å². The van der Waals surface area contributed by atoms with Crippen LogP contribution in [0.1, 0.15) is 22.5 Å². The van der Waals surface area contributed by atoms with Crippen molar-refractivity contribution in [3.8, 4) is 56.0 Å². The van der Waals surface area contributed by atoms with Crippen molar-refractivity contribution in [1.82, 2.24) is 0 Å². The van der Waals surface area contributed by atoms with E-state index in [0.717, 1.165) is 50.9 Å². The molecule has 0 fully saturated rings. The Kier molecular flexibility index (Phi) is 7.76. The maximum absolute atomic E-state index is 6.93. The topological polar surface area (TPSA) is 25.6 Å². The highest BCUT2D eigenvalue weighted by atomic mass is 16.5. The van der Waals surface area contributed by atoms with Crippen LogP contribution in [0.15, 0.2) is 229 Å². The van der Waals surface area contributed by atoms with E-state index in [1.165, 1.54) is 55.6 Å². The summed E-state index contributed by atoms with van der Waals surface area (Å²) in [5.41, 5.74) is 16.2. The van der Waals surface area contributed by atoms with Gasteiger partial charge in [0.05, 0.1) is 5.39 Å². The molecule has 0 saturated carbocycles. The van der Waals surface area contributed by atoms with Gasteiger partial charge < -0.3 is 14.1 Å². The zero-order chi connectivity index (χ0) is 39.6. The van der Waals surface area contributed by atoms with E-state index in [9.17, 15) is 0 Å². The summed E-state index contributed by atoms with van der Waals surface area (Å²) in [7, 11) is 0. The second kappa shape index (κ2) is 13.6. The van der Waals surface area contributed by atoms with E-state index in [4.69, 9.17) is 9.15 Å². The summed E-state index contributed by atoms with van der Waals surface area (Å²) < 4.78 is 13.7. The van der Waals surface area contributed by atoms with Gasteiger partial charge in [-0.05, 0) is 110 Å². The summed E-state index contributed by atoms with van der Waals surface area (Å²) >= 11 is 0. The molecular formula is C57H37NO2. The average Bonchev–Trinajstić information content (AvgIpc) is 3.84. The molecule has 0 bridgehead atoms. The molecule has 9 aromatic carbocycles. The normalized spacial score (nSPS) is 14.5. The maximum Gasteiger partial charge on any atom is 0.178 e. The largest absolute Gasteiger partial charge is 0.455 e. The number of hydrogen-bond donors (Lipinski definition) is 0. The molecule has 1 spiro atoms. The third-order valence-electron chi connectivity index (χ3n) is 12.3. The van der Waals surface area contributed by atoms with Crippen molar-refractivity contribution in [2.24, 2.45) is 0 Å². The zero-order valence-electron chi connectivity index (χ0n) is 32.6. The number of anilines is 3. The Balaban J connectivity index is 1.09. The molecule has 10 aromatic rings. The van der Waals surface area contributed by atoms with Crippen LogP contribution in [0.3, 0.4) is 0 Å². The highest BCUT2D eigenvalue weighted by molar-refractivity contribution is 5.96. The van der Waals surface area contributed by atoms with Crippen molar-refractivity contribution in [3.05, 3.63) is 247 Å². The first-order chi connectivity index (χ1) is 29.8. The smallest absolute Gasteiger partial charge is 0.178 e. The number of furan rings is 1. The molecular weight excluding hydrogens is 731 g/mol. The van der Waals surface area contributed by atoms with Gasteiger partial charge in [0, 0.05) is 22.6 Å². The second-order valence-corrected chi connectivity index (χ2v) is 15.6. The predicted molar refractivity (Wildman–Crippen MR) is 245 cm³/mol. The van der Waals surface area contributed by atoms with Crippen LogP contribution in [0.4, 0.5) is 17.1 Å². The molecule has 3 nitrogen and oxygen atoms in total. The van der Waals surface area contributed by atoms with Crippen LogP contribution >= 0.6 is 0 Å². The lowest BCUT2D eigenvalue weighted by atomic mass is 9.69. The Hall–Kier alpha value is -7.88. The van der Waals surface area contributed by atoms with Crippen LogP contribution in [0.5, 0.6) is 11.5 Å². The second-order valence-electron chi connectivity index (χ2n) is 15.6. The van der Waals surface area contributed by atoms with Gasteiger partial charge in [0.1, 0.15) is 16.7 Å². The summed E-state index contributed by atoms with van der Waals surface area (Å²) in [5, 5.41) is 0.974. The van der Waals surface area contributed by atoms with Crippen LogP contribution in [0.2, 0.25) is 0 Å². The molecule has 3 heteroatoms. The molecule has 0 radical (unpaired) electrons. The van der Waals surface area contributed by atoms with Crippen LogP contribution in [-0.4, -0.2) is 0 Å². The fourth-order valence-corrected chi connectivity index (χ4v) is 9.69. The minimum absolute atomic E-state index is 0.715. The number of para-hydroxylation sites is 2. The molecule has 1 unspecified atom stereocenters. The molecule has 1 aromatic heterocycles. The molecule has 12 rings (SSSR count). The van der Waals surface area contributed by atoms with Crippen molar-refractivity contribution in [2.45, 2.75) is 5.41 Å². The monoisotopic (exact) mass is 767 g/mol. The van der Waals surface area contributed by atoms with E-state index in [-0.39, 0.29) is 0 Å². The maximum atomic E-state index is 6.93. The standard InChI is InChI=1S/C57H37NO2/c1-4-16-38(17-5-1)39-28-30-42(31-29-39)58(43-32-34-45(40-18-6-2-7-19-40)48(36-43)41-20-8-3-9-21-41)44-33-35-51-49(37-44)46-22-10-12-24-50(46)57(51)52-25-13-15-27-54(52)59-55-47-23-11-14-26-53(47)60-56(55)57/h1-37H. The SMILES string of the molecule is c1ccc(-c2ccc(N(c3ccc(-c4ccccc4)c(-c4ccccc4)c3)c3ccc4c(c3)-c3ccccc3C43c4ccccc4Oc4c3oc3ccccc43)cc2)cc1. The van der Waals surface area contributed by atoms with Gasteiger partial charge >= 0.3 is 0 Å². The third kappa shape index (κ3) is 5.16. The Morgan fingerprint density at radius 2 is 0.883 bits per heavy atom. The number of nitrogens with zero attached hydrogens (tertiary/aromatic N) is 1. The molecule has 0 N–H and O–H groups in total. The summed E-state index contributed by atoms with van der Waals surface area (Å²) in [6.07, 6.45) is 0. The van der Waals surface area contributed by atoms with Gasteiger partial charge in [0.15, 0.2) is 11.5 Å². The zero-order valence-corrected chi connectivity index (χ0v) is 32.6. The van der Waals surface area contributed by atoms with Crippen LogP contribution in [-0.2, 0) is 5.41 Å². The van der Waals surface area contributed by atoms with E-state index in [1.54, 1.807) is 0 Å². The highest BCUT2D eigenvalue weighted by Gasteiger charge is 2.54. The fraction of sp³-hybridized carbons (Fsp3) is 0.0175. The lowest BCUT2D eigenvalue weighted by Crippen LogP contribution is -2.31. The van der Waals surface area contributed by atoms with Gasteiger partial charge in [0.25, 0.3) is 0 Å². The average molecular weight is 768 g/mol. The van der Waals surface area contributed by atoms with E-state index < -0.39 is 5.41 Å². The molecule has 60 heavy (non-hydrogen) atoms. The summed E-state index contributed by atoms with van der Waals surface area (Å²) in [6.45, 7) is 0. The minimum Gasteiger partial charge on any atom is -0.455 e. The quantitative estimate of drug-likeness (QED) is 0.168. The van der Waals surface area contributed by atoms with E-state index in [2.05, 4.69) is 211 Å². The van der Waals surface area contributed by atoms with Crippen molar-refractivity contribution in [3.63, 3.8) is 0 Å². The number of benzene rings is 9. The Morgan fingerprint density at radius 1 is 0.350 bits per heavy atom. The molecule has 1 aliphatic heterocycles. The third-order valence-corrected chi connectivity index (χ3v) is 12.3. The van der Waals surface area contributed by atoms with Crippen LogP contribution in [0.25, 0.3) is 55.5 Å². The Bertz CT molecular complexity index is 3220. The first kappa shape index (κ1) is 34.2. The molecule has 282 valence electrons. The van der Waals surface area contributed by atoms with Gasteiger partial charge in [-0.3, -0.25) is 0 Å². The Labute approximate surface area is 349 Å². The summed E-state index contributed by atoms with van der Waals surface area (Å²) in [5.74, 6) is 2.44. The summed E-state index contributed by atoms with van der Waals surface area (Å²) in [4.78, 5) is 2.40. The van der Waals surface area contributed by atoms with E-state index in [1.807, 2.05) is 18.2 Å². The molecule has 2 aliphatic rings. The lowest BCUT2D eigenvalue weighted by Gasteiger charge is -2.36. The van der Waals surface area contributed by atoms with Crippen molar-refractivity contribution < 1.29 is 9.15 Å². The lowest BCUT2D eigenvalue weighted by molar-refractivity contribution is 0.389. The molecule has 0 saturated heterocycles. The van der Waals surface area contributed by atoms with Gasteiger partial charge in [0.2, 0.25) is 0 Å². The fourth-order valence-electron chi connectivity index (χ4n) is 9.69. The van der Waals surface area contributed by atoms with Gasteiger partial charge in [-0.25, -0.2) is 0 Å². The van der Waals surface area contributed by atoms with Crippen LogP contribution < -0.4 is 9.64 Å². The van der Waals surface area contributed by atoms with Crippen LogP contribution in [0, 0.1) is 0 Å². The molecule has 2 heterocycles. The van der Waals surface area contributed by atoms with Crippen molar-refractivity contribution >= 4 is 28.0 Å². The molecule has 0 amide bonds. The highest BCUT2D eigenvalue weighted by Crippen LogP contribution is 2.64. The number of rotatable bonds is 6. The summed E-state index contributed by atoms with van der Waals surface area (Å²) in [6, 6.07) is 80.3. The number of hydrogen-bond acceptors (Lipinski definition) is 3. The van der Waals surface area contributed by atoms with Crippen molar-refractivity contribution in [1.29, 1.82) is 0 Å². The van der Waals surface area contributed by atoms with Crippen molar-refractivity contribution in [2.75, 3.05) is 4.90 Å². The first-order valence-electron chi connectivity index (χ1n) is 20.5. The van der Waals surface area contributed by atoms with Gasteiger partial charge in [-0.2, -0.15) is 0 Å². The minimum atomic E-state index is -0.715. The molecule has 1 aliphatic carbocycles. The number of fused-ring (bicyclic) bond motifs is 11.